The summed E-state index contributed by atoms with van der Waals surface area (Å²) in [6.45, 7) is 3.29. The summed E-state index contributed by atoms with van der Waals surface area (Å²) in [7, 11) is 0. The van der Waals surface area contributed by atoms with Crippen molar-refractivity contribution >= 4 is 22.8 Å². The molecule has 1 aromatic carbocycles. The number of benzene rings is 1. The average molecular weight is 315 g/mol. The third-order valence-electron chi connectivity index (χ3n) is 4.01. The van der Waals surface area contributed by atoms with Gasteiger partial charge in [0.15, 0.2) is 12.3 Å². The number of carbonyl (C=O) groups is 2. The molecule has 2 aromatic rings. The van der Waals surface area contributed by atoms with Crippen molar-refractivity contribution in [2.24, 2.45) is 5.92 Å². The van der Waals surface area contributed by atoms with E-state index in [1.807, 2.05) is 25.1 Å². The van der Waals surface area contributed by atoms with Crippen LogP contribution in [0.2, 0.25) is 0 Å². The number of ether oxygens (including phenoxy) is 1. The molecule has 3 rings (SSSR count). The van der Waals surface area contributed by atoms with Crippen molar-refractivity contribution in [1.82, 2.24) is 15.1 Å². The summed E-state index contributed by atoms with van der Waals surface area (Å²) in [6, 6.07) is 7.33. The fraction of sp³-hybridized carbons (Fsp3) is 0.471. The monoisotopic (exact) mass is 315 g/mol. The van der Waals surface area contributed by atoms with E-state index in [2.05, 4.69) is 10.2 Å². The molecule has 6 nitrogen and oxygen atoms in total. The number of carbonyl (C=O) groups excluding carboxylic acids is 2. The van der Waals surface area contributed by atoms with Crippen molar-refractivity contribution in [2.45, 2.75) is 26.2 Å². The molecule has 0 saturated heterocycles. The zero-order valence-electron chi connectivity index (χ0n) is 13.2. The van der Waals surface area contributed by atoms with Crippen LogP contribution in [0.25, 0.3) is 10.9 Å². The Bertz CT molecular complexity index is 706. The van der Waals surface area contributed by atoms with Crippen molar-refractivity contribution in [3.8, 4) is 0 Å². The lowest BCUT2D eigenvalue weighted by Gasteiger charge is -2.21. The van der Waals surface area contributed by atoms with Crippen molar-refractivity contribution < 1.29 is 14.3 Å². The van der Waals surface area contributed by atoms with E-state index < -0.39 is 5.97 Å². The fourth-order valence-corrected chi connectivity index (χ4v) is 2.61. The maximum absolute atomic E-state index is 12.3. The van der Waals surface area contributed by atoms with Crippen LogP contribution in [0.15, 0.2) is 24.3 Å². The van der Waals surface area contributed by atoms with Crippen LogP contribution >= 0.6 is 0 Å². The summed E-state index contributed by atoms with van der Waals surface area (Å²) in [5.41, 5.74) is 0.991. The van der Waals surface area contributed by atoms with E-state index in [9.17, 15) is 9.59 Å². The first-order valence-corrected chi connectivity index (χ1v) is 8.07. The number of fused-ring (bicyclic) bond motifs is 1. The first-order chi connectivity index (χ1) is 11.2. The lowest BCUT2D eigenvalue weighted by molar-refractivity contribution is -0.134. The number of hydrogen-bond donors (Lipinski definition) is 1. The Morgan fingerprint density at radius 2 is 2.13 bits per heavy atom. The molecular weight excluding hydrogens is 294 g/mol. The summed E-state index contributed by atoms with van der Waals surface area (Å²) < 4.78 is 5.17. The van der Waals surface area contributed by atoms with Gasteiger partial charge in [-0.2, -0.15) is 5.10 Å². The molecule has 0 bridgehead atoms. The highest BCUT2D eigenvalue weighted by molar-refractivity contribution is 6.02. The van der Waals surface area contributed by atoms with Crippen LogP contribution in [0.1, 0.15) is 36.7 Å². The molecule has 0 radical (unpaired) electrons. The predicted octanol–water partition coefficient (Wildman–Crippen LogP) is 2.37. The Morgan fingerprint density at radius 1 is 1.35 bits per heavy atom. The van der Waals surface area contributed by atoms with E-state index >= 15 is 0 Å². The van der Waals surface area contributed by atoms with E-state index in [-0.39, 0.29) is 18.2 Å². The third kappa shape index (κ3) is 3.70. The molecular formula is C17H21N3O3. The number of amides is 1. The van der Waals surface area contributed by atoms with Crippen molar-refractivity contribution in [1.29, 1.82) is 0 Å². The van der Waals surface area contributed by atoms with Crippen molar-refractivity contribution in [2.75, 3.05) is 19.7 Å². The van der Waals surface area contributed by atoms with Crippen LogP contribution in [-0.2, 0) is 9.53 Å². The van der Waals surface area contributed by atoms with Crippen LogP contribution in [0.5, 0.6) is 0 Å². The maximum atomic E-state index is 12.3. The molecule has 1 aromatic heterocycles. The molecule has 0 unspecified atom stereocenters. The summed E-state index contributed by atoms with van der Waals surface area (Å²) >= 11 is 0. The number of hydrogen-bond acceptors (Lipinski definition) is 4. The van der Waals surface area contributed by atoms with Gasteiger partial charge in [-0.3, -0.25) is 9.89 Å². The van der Waals surface area contributed by atoms with Gasteiger partial charge in [-0.15, -0.1) is 0 Å². The molecule has 1 amide bonds. The molecule has 1 saturated carbocycles. The van der Waals surface area contributed by atoms with E-state index in [0.717, 1.165) is 18.5 Å². The van der Waals surface area contributed by atoms with Gasteiger partial charge in [-0.25, -0.2) is 4.79 Å². The van der Waals surface area contributed by atoms with Gasteiger partial charge in [0, 0.05) is 18.5 Å². The first-order valence-electron chi connectivity index (χ1n) is 8.07. The minimum Gasteiger partial charge on any atom is -0.451 e. The Labute approximate surface area is 134 Å². The van der Waals surface area contributed by atoms with Crippen LogP contribution in [-0.4, -0.2) is 46.7 Å². The molecule has 6 heteroatoms. The fourth-order valence-electron chi connectivity index (χ4n) is 2.61. The lowest BCUT2D eigenvalue weighted by Crippen LogP contribution is -2.36. The number of aromatic amines is 1. The van der Waals surface area contributed by atoms with Gasteiger partial charge >= 0.3 is 5.97 Å². The second-order valence-electron chi connectivity index (χ2n) is 5.98. The molecule has 0 atom stereocenters. The maximum Gasteiger partial charge on any atom is 0.359 e. The molecule has 0 spiro atoms. The standard InChI is InChI=1S/C17H21N3O3/c1-2-9-20(10-12-7-8-12)15(21)11-23-17(22)16-13-5-3-4-6-14(13)18-19-16/h3-6,12H,2,7-11H2,1H3,(H,18,19). The largest absolute Gasteiger partial charge is 0.451 e. The Hall–Kier alpha value is -2.37. The number of aromatic nitrogens is 2. The second-order valence-corrected chi connectivity index (χ2v) is 5.98. The SMILES string of the molecule is CCCN(CC1CC1)C(=O)COC(=O)c1n[nH]c2ccccc12. The number of para-hydroxylation sites is 1. The minimum absolute atomic E-state index is 0.132. The Balaban J connectivity index is 1.60. The topological polar surface area (TPSA) is 75.3 Å². The quantitative estimate of drug-likeness (QED) is 0.796. The van der Waals surface area contributed by atoms with E-state index in [4.69, 9.17) is 4.74 Å². The molecule has 1 fully saturated rings. The molecule has 0 aliphatic heterocycles. The van der Waals surface area contributed by atoms with Crippen molar-refractivity contribution in [3.05, 3.63) is 30.0 Å². The summed E-state index contributed by atoms with van der Waals surface area (Å²) in [6.07, 6.45) is 3.27. The Kier molecular flexibility index (Phi) is 4.60. The van der Waals surface area contributed by atoms with Crippen molar-refractivity contribution in [3.63, 3.8) is 0 Å². The molecule has 1 aliphatic rings. The number of nitrogens with zero attached hydrogens (tertiary/aromatic N) is 2. The van der Waals surface area contributed by atoms with Gasteiger partial charge in [-0.05, 0) is 31.2 Å². The van der Waals surface area contributed by atoms with Crippen LogP contribution < -0.4 is 0 Å². The van der Waals surface area contributed by atoms with Gasteiger partial charge in [-0.1, -0.05) is 25.1 Å². The summed E-state index contributed by atoms with van der Waals surface area (Å²) in [5.74, 6) is -0.0814. The number of rotatable bonds is 7. The summed E-state index contributed by atoms with van der Waals surface area (Å²) in [4.78, 5) is 26.2. The van der Waals surface area contributed by atoms with E-state index in [0.29, 0.717) is 17.8 Å². The third-order valence-corrected chi connectivity index (χ3v) is 4.01. The number of nitrogens with one attached hydrogen (secondary N) is 1. The molecule has 1 aliphatic carbocycles. The van der Waals surface area contributed by atoms with Gasteiger partial charge in [0.1, 0.15) is 0 Å². The highest BCUT2D eigenvalue weighted by Crippen LogP contribution is 2.29. The number of H-pyrrole nitrogens is 1. The highest BCUT2D eigenvalue weighted by atomic mass is 16.5. The van der Waals surface area contributed by atoms with Gasteiger partial charge in [0.2, 0.25) is 0 Å². The van der Waals surface area contributed by atoms with Gasteiger partial charge < -0.3 is 9.64 Å². The van der Waals surface area contributed by atoms with Crippen LogP contribution in [0.3, 0.4) is 0 Å². The zero-order valence-corrected chi connectivity index (χ0v) is 13.2. The lowest BCUT2D eigenvalue weighted by atomic mass is 10.2. The smallest absolute Gasteiger partial charge is 0.359 e. The zero-order chi connectivity index (χ0) is 16.2. The molecule has 122 valence electrons. The van der Waals surface area contributed by atoms with E-state index in [1.165, 1.54) is 12.8 Å². The molecule has 1 heterocycles. The molecule has 23 heavy (non-hydrogen) atoms. The first kappa shape index (κ1) is 15.5. The van der Waals surface area contributed by atoms with Gasteiger partial charge in [0.25, 0.3) is 5.91 Å². The minimum atomic E-state index is -0.571. The highest BCUT2D eigenvalue weighted by Gasteiger charge is 2.27. The molecule has 1 N–H and O–H groups in total. The Morgan fingerprint density at radius 3 is 2.87 bits per heavy atom. The van der Waals surface area contributed by atoms with Crippen LogP contribution in [0, 0.1) is 5.92 Å². The van der Waals surface area contributed by atoms with E-state index in [1.54, 1.807) is 11.0 Å². The predicted molar refractivity (Wildman–Crippen MR) is 86.0 cm³/mol. The normalized spacial score (nSPS) is 14.0. The average Bonchev–Trinajstić information content (AvgIpc) is 3.27. The van der Waals surface area contributed by atoms with Gasteiger partial charge in [0.05, 0.1) is 5.52 Å². The van der Waals surface area contributed by atoms with Crippen LogP contribution in [0.4, 0.5) is 0 Å². The summed E-state index contributed by atoms with van der Waals surface area (Å²) in [5, 5.41) is 7.48. The number of esters is 1. The second kappa shape index (κ2) is 6.81.